The van der Waals surface area contributed by atoms with Crippen molar-refractivity contribution in [2.45, 2.75) is 61.0 Å². The van der Waals surface area contributed by atoms with Crippen molar-refractivity contribution in [3.63, 3.8) is 0 Å². The molecule has 0 radical (unpaired) electrons. The Hall–Kier alpha value is -1.52. The lowest BCUT2D eigenvalue weighted by molar-refractivity contribution is -0.161. The van der Waals surface area contributed by atoms with Crippen LogP contribution in [0.1, 0.15) is 54.9 Å². The van der Waals surface area contributed by atoms with Gasteiger partial charge in [-0.1, -0.05) is 34.4 Å². The van der Waals surface area contributed by atoms with Crippen LogP contribution in [0.25, 0.3) is 0 Å². The first-order valence-electron chi connectivity index (χ1n) is 7.14. The molecule has 0 unspecified atom stereocenters. The van der Waals surface area contributed by atoms with Gasteiger partial charge in [-0.25, -0.2) is 4.79 Å². The van der Waals surface area contributed by atoms with Crippen molar-refractivity contribution >= 4 is 12.1 Å². The zero-order valence-corrected chi connectivity index (χ0v) is 12.7. The molecule has 1 saturated heterocycles. The van der Waals surface area contributed by atoms with Gasteiger partial charge in [0, 0.05) is 25.9 Å². The topological polar surface area (TPSA) is 55.8 Å². The van der Waals surface area contributed by atoms with Gasteiger partial charge in [-0.3, -0.25) is 4.79 Å². The maximum absolute atomic E-state index is 12.0. The molecule has 1 heterocycles. The standard InChI is InChI=1S/C15H25NO4.2CH4/c1-5-11-19-14(18)16-9-7-12(8-10-16)20-13(17)15(3,4)6-2;;/h5,12H,1,6-11H2,2-4H3;2*1H4. The molecule has 1 aliphatic rings. The highest BCUT2D eigenvalue weighted by Gasteiger charge is 2.32. The Kier molecular flexibility index (Phi) is 10.6. The molecule has 1 fully saturated rings. The van der Waals surface area contributed by atoms with Gasteiger partial charge in [0.25, 0.3) is 0 Å². The van der Waals surface area contributed by atoms with E-state index in [0.29, 0.717) is 25.9 Å². The lowest BCUT2D eigenvalue weighted by Crippen LogP contribution is -2.42. The molecular formula is C17H33NO4. The molecule has 0 aromatic rings. The van der Waals surface area contributed by atoms with Gasteiger partial charge in [-0.2, -0.15) is 0 Å². The summed E-state index contributed by atoms with van der Waals surface area (Å²) in [7, 11) is 0. The number of ether oxygens (including phenoxy) is 2. The maximum Gasteiger partial charge on any atom is 0.410 e. The Morgan fingerprint density at radius 1 is 1.27 bits per heavy atom. The average molecular weight is 315 g/mol. The van der Waals surface area contributed by atoms with E-state index in [-0.39, 0.29) is 39.6 Å². The lowest BCUT2D eigenvalue weighted by atomic mass is 9.90. The molecule has 1 aliphatic heterocycles. The van der Waals surface area contributed by atoms with Gasteiger partial charge in [0.05, 0.1) is 5.41 Å². The summed E-state index contributed by atoms with van der Waals surface area (Å²) < 4.78 is 10.5. The van der Waals surface area contributed by atoms with E-state index in [1.807, 2.05) is 20.8 Å². The first-order valence-corrected chi connectivity index (χ1v) is 7.14. The second kappa shape index (κ2) is 10.2. The second-order valence-electron chi connectivity index (χ2n) is 5.69. The van der Waals surface area contributed by atoms with Crippen molar-refractivity contribution < 1.29 is 19.1 Å². The highest BCUT2D eigenvalue weighted by atomic mass is 16.6. The summed E-state index contributed by atoms with van der Waals surface area (Å²) in [4.78, 5) is 25.3. The summed E-state index contributed by atoms with van der Waals surface area (Å²) in [6.45, 7) is 10.6. The monoisotopic (exact) mass is 315 g/mol. The molecule has 0 saturated carbocycles. The molecule has 0 spiro atoms. The van der Waals surface area contributed by atoms with Crippen LogP contribution in [0.3, 0.4) is 0 Å². The molecular weight excluding hydrogens is 282 g/mol. The van der Waals surface area contributed by atoms with E-state index in [9.17, 15) is 9.59 Å². The van der Waals surface area contributed by atoms with Gasteiger partial charge in [-0.05, 0) is 20.3 Å². The molecule has 0 bridgehead atoms. The van der Waals surface area contributed by atoms with E-state index in [1.54, 1.807) is 11.0 Å². The summed E-state index contributed by atoms with van der Waals surface area (Å²) >= 11 is 0. The van der Waals surface area contributed by atoms with Crippen LogP contribution < -0.4 is 0 Å². The van der Waals surface area contributed by atoms with Crippen molar-refractivity contribution in [1.82, 2.24) is 4.90 Å². The van der Waals surface area contributed by atoms with Crippen molar-refractivity contribution in [2.24, 2.45) is 5.41 Å². The maximum atomic E-state index is 12.0. The molecule has 5 nitrogen and oxygen atoms in total. The number of hydrogen-bond donors (Lipinski definition) is 0. The Morgan fingerprint density at radius 3 is 2.27 bits per heavy atom. The average Bonchev–Trinajstić information content (AvgIpc) is 2.45. The number of likely N-dealkylation sites (tertiary alicyclic amines) is 1. The fraction of sp³-hybridized carbons (Fsp3) is 0.765. The van der Waals surface area contributed by atoms with Crippen LogP contribution in [0.4, 0.5) is 4.79 Å². The van der Waals surface area contributed by atoms with Crippen molar-refractivity contribution in [1.29, 1.82) is 0 Å². The minimum Gasteiger partial charge on any atom is -0.462 e. The lowest BCUT2D eigenvalue weighted by Gasteiger charge is -2.32. The number of nitrogens with zero attached hydrogens (tertiary/aromatic N) is 1. The largest absolute Gasteiger partial charge is 0.462 e. The van der Waals surface area contributed by atoms with Gasteiger partial charge in [0.15, 0.2) is 0 Å². The van der Waals surface area contributed by atoms with E-state index in [4.69, 9.17) is 9.47 Å². The molecule has 0 atom stereocenters. The SMILES string of the molecule is C.C.C=CCOC(=O)N1CCC(OC(=O)C(C)(C)CC)CC1. The molecule has 0 N–H and O–H groups in total. The zero-order valence-electron chi connectivity index (χ0n) is 12.7. The third-order valence-electron chi connectivity index (χ3n) is 3.74. The van der Waals surface area contributed by atoms with Gasteiger partial charge in [0.2, 0.25) is 0 Å². The number of piperidine rings is 1. The van der Waals surface area contributed by atoms with Crippen molar-refractivity contribution in [3.8, 4) is 0 Å². The Bertz CT molecular complexity index is 358. The quantitative estimate of drug-likeness (QED) is 0.568. The predicted molar refractivity (Wildman–Crippen MR) is 89.8 cm³/mol. The highest BCUT2D eigenvalue weighted by Crippen LogP contribution is 2.24. The molecule has 0 aromatic heterocycles. The predicted octanol–water partition coefficient (Wildman–Crippen LogP) is 4.03. The van der Waals surface area contributed by atoms with Gasteiger partial charge >= 0.3 is 12.1 Å². The fourth-order valence-electron chi connectivity index (χ4n) is 1.83. The number of carbonyl (C=O) groups is 2. The van der Waals surface area contributed by atoms with E-state index in [2.05, 4.69) is 6.58 Å². The molecule has 130 valence electrons. The number of esters is 1. The summed E-state index contributed by atoms with van der Waals surface area (Å²) in [6.07, 6.45) is 3.18. The normalized spacial score (nSPS) is 15.1. The van der Waals surface area contributed by atoms with Crippen LogP contribution in [0, 0.1) is 5.41 Å². The van der Waals surface area contributed by atoms with Gasteiger partial charge in [-0.15, -0.1) is 0 Å². The number of rotatable bonds is 5. The zero-order chi connectivity index (χ0) is 15.2. The van der Waals surface area contributed by atoms with Crippen LogP contribution in [-0.4, -0.2) is 42.8 Å². The minimum atomic E-state index is -0.444. The van der Waals surface area contributed by atoms with Gasteiger partial charge < -0.3 is 14.4 Å². The Labute approximate surface area is 135 Å². The van der Waals surface area contributed by atoms with Crippen LogP contribution in [0.5, 0.6) is 0 Å². The van der Waals surface area contributed by atoms with E-state index in [0.717, 1.165) is 6.42 Å². The summed E-state index contributed by atoms with van der Waals surface area (Å²) in [6, 6.07) is 0. The van der Waals surface area contributed by atoms with Crippen LogP contribution in [0.15, 0.2) is 12.7 Å². The molecule has 5 heteroatoms. The van der Waals surface area contributed by atoms with E-state index < -0.39 is 5.41 Å². The van der Waals surface area contributed by atoms with Crippen LogP contribution in [0.2, 0.25) is 0 Å². The third kappa shape index (κ3) is 6.50. The second-order valence-corrected chi connectivity index (χ2v) is 5.69. The third-order valence-corrected chi connectivity index (χ3v) is 3.74. The summed E-state index contributed by atoms with van der Waals surface area (Å²) in [5.74, 6) is -0.160. The highest BCUT2D eigenvalue weighted by molar-refractivity contribution is 5.76. The van der Waals surface area contributed by atoms with Crippen LogP contribution in [-0.2, 0) is 14.3 Å². The molecule has 0 aliphatic carbocycles. The smallest absolute Gasteiger partial charge is 0.410 e. The summed E-state index contributed by atoms with van der Waals surface area (Å²) in [5, 5.41) is 0. The van der Waals surface area contributed by atoms with Crippen LogP contribution >= 0.6 is 0 Å². The van der Waals surface area contributed by atoms with Crippen molar-refractivity contribution in [3.05, 3.63) is 12.7 Å². The minimum absolute atomic E-state index is 0. The Balaban J connectivity index is 0. The number of hydrogen-bond acceptors (Lipinski definition) is 4. The fourth-order valence-corrected chi connectivity index (χ4v) is 1.83. The molecule has 22 heavy (non-hydrogen) atoms. The first-order chi connectivity index (χ1) is 9.40. The van der Waals surface area contributed by atoms with Crippen molar-refractivity contribution in [2.75, 3.05) is 19.7 Å². The molecule has 1 amide bonds. The van der Waals surface area contributed by atoms with Gasteiger partial charge in [0.1, 0.15) is 12.7 Å². The number of amides is 1. The molecule has 0 aromatic carbocycles. The Morgan fingerprint density at radius 2 is 1.82 bits per heavy atom. The molecule has 1 rings (SSSR count). The first kappa shape index (κ1) is 22.8. The van der Waals surface area contributed by atoms with E-state index in [1.165, 1.54) is 0 Å². The van der Waals surface area contributed by atoms with E-state index >= 15 is 0 Å². The summed E-state index contributed by atoms with van der Waals surface area (Å²) in [5.41, 5.74) is -0.444. The number of carbonyl (C=O) groups excluding carboxylic acids is 2.